The van der Waals surface area contributed by atoms with E-state index in [2.05, 4.69) is 19.9 Å². The minimum atomic E-state index is -3.71. The number of nitrogens with zero attached hydrogens (tertiary/aromatic N) is 5. The molecule has 0 bridgehead atoms. The van der Waals surface area contributed by atoms with Crippen LogP contribution in [0, 0.1) is 0 Å². The molecule has 5 rings (SSSR count). The summed E-state index contributed by atoms with van der Waals surface area (Å²) in [5, 5.41) is 7.96. The second-order valence-electron chi connectivity index (χ2n) is 9.14. The fraction of sp³-hybridized carbons (Fsp3) is 0.500. The first-order chi connectivity index (χ1) is 16.7. The number of halogens is 1. The summed E-state index contributed by atoms with van der Waals surface area (Å²) in [6, 6.07) is 1.53. The molecule has 3 atom stereocenters. The van der Waals surface area contributed by atoms with E-state index in [1.807, 2.05) is 23.5 Å². The molecule has 3 heterocycles. The van der Waals surface area contributed by atoms with Crippen LogP contribution in [-0.4, -0.2) is 63.3 Å². The summed E-state index contributed by atoms with van der Waals surface area (Å²) in [7, 11) is -7.10. The first-order valence-electron chi connectivity index (χ1n) is 11.6. The summed E-state index contributed by atoms with van der Waals surface area (Å²) in [6.45, 7) is 1.94. The molecule has 3 aromatic heterocycles. The summed E-state index contributed by atoms with van der Waals surface area (Å²) in [5.41, 5.74) is 2.47. The van der Waals surface area contributed by atoms with Gasteiger partial charge < -0.3 is 0 Å². The molecular formula is C22H27ClN6O4S2. The number of nitrogens with one attached hydrogen (secondary N) is 1. The number of allylic oxidation sites excluding steroid dienone is 3. The van der Waals surface area contributed by atoms with Crippen LogP contribution in [0.25, 0.3) is 16.8 Å². The van der Waals surface area contributed by atoms with Crippen molar-refractivity contribution in [1.82, 2.24) is 28.3 Å². The molecule has 188 valence electrons. The first-order valence-corrected chi connectivity index (χ1v) is 15.2. The molecule has 10 nitrogen and oxygen atoms in total. The van der Waals surface area contributed by atoms with E-state index in [-0.39, 0.29) is 17.7 Å². The van der Waals surface area contributed by atoms with Crippen LogP contribution < -0.4 is 4.72 Å². The van der Waals surface area contributed by atoms with Gasteiger partial charge in [-0.05, 0) is 45.1 Å². The first kappa shape index (κ1) is 24.4. The summed E-state index contributed by atoms with van der Waals surface area (Å²) < 4.78 is 57.2. The predicted molar refractivity (Wildman–Crippen MR) is 135 cm³/mol. The number of sulfonamides is 1. The average Bonchev–Trinajstić information content (AvgIpc) is 3.55. The van der Waals surface area contributed by atoms with E-state index < -0.39 is 25.3 Å². The smallest absolute Gasteiger partial charge is 0.247 e. The average molecular weight is 539 g/mol. The number of rotatable bonds is 8. The number of hydrogen-bond donors (Lipinski definition) is 1. The van der Waals surface area contributed by atoms with Crippen LogP contribution in [0.3, 0.4) is 0 Å². The molecule has 0 radical (unpaired) electrons. The maximum absolute atomic E-state index is 13.4. The van der Waals surface area contributed by atoms with Crippen LogP contribution >= 0.6 is 11.6 Å². The van der Waals surface area contributed by atoms with E-state index in [1.54, 1.807) is 12.1 Å². The molecule has 2 aliphatic carbocycles. The van der Waals surface area contributed by atoms with Gasteiger partial charge in [-0.25, -0.2) is 30.5 Å². The molecule has 0 aromatic carbocycles. The van der Waals surface area contributed by atoms with Crippen molar-refractivity contribution >= 4 is 48.5 Å². The van der Waals surface area contributed by atoms with Gasteiger partial charge in [0.15, 0.2) is 11.3 Å². The van der Waals surface area contributed by atoms with Gasteiger partial charge in [0.25, 0.3) is 0 Å². The normalized spacial score (nSPS) is 23.4. The van der Waals surface area contributed by atoms with Crippen LogP contribution in [0.2, 0.25) is 0 Å². The van der Waals surface area contributed by atoms with E-state index in [4.69, 9.17) is 11.6 Å². The Hall–Kier alpha value is -2.28. The summed E-state index contributed by atoms with van der Waals surface area (Å²) in [5.74, 6) is 0.963. The SMILES string of the molecule is CC1=CCC(S(=O)(=O)n2ccc3c2ncc2nnc([C@@H]4CC[C@H](NS(=O)(=O)CCCCl)C4)n23)C=C1. The third-order valence-corrected chi connectivity index (χ3v) is 10.4. The molecule has 2 aliphatic rings. The lowest BCUT2D eigenvalue weighted by molar-refractivity contribution is 0.545. The van der Waals surface area contributed by atoms with Crippen LogP contribution in [0.1, 0.15) is 50.8 Å². The molecule has 13 heteroatoms. The topological polar surface area (TPSA) is 128 Å². The molecule has 1 saturated carbocycles. The third-order valence-electron chi connectivity index (χ3n) is 6.66. The second-order valence-corrected chi connectivity index (χ2v) is 13.4. The molecule has 1 unspecified atom stereocenters. The summed E-state index contributed by atoms with van der Waals surface area (Å²) in [6.07, 6.45) is 11.3. The maximum atomic E-state index is 13.4. The number of alkyl halides is 1. The Balaban J connectivity index is 1.45. The van der Waals surface area contributed by atoms with Crippen LogP contribution in [0.4, 0.5) is 0 Å². The van der Waals surface area contributed by atoms with Crippen molar-refractivity contribution in [3.05, 3.63) is 48.1 Å². The van der Waals surface area contributed by atoms with Gasteiger partial charge in [0.1, 0.15) is 11.1 Å². The van der Waals surface area contributed by atoms with Gasteiger partial charge in [0.2, 0.25) is 20.0 Å². The highest BCUT2D eigenvalue weighted by Gasteiger charge is 2.33. The molecule has 1 fully saturated rings. The number of fused-ring (bicyclic) bond motifs is 3. The Morgan fingerprint density at radius 3 is 2.77 bits per heavy atom. The Kier molecular flexibility index (Phi) is 6.49. The van der Waals surface area contributed by atoms with E-state index in [9.17, 15) is 16.8 Å². The van der Waals surface area contributed by atoms with E-state index >= 15 is 0 Å². The number of hydrogen-bond acceptors (Lipinski definition) is 7. The molecule has 1 N–H and O–H groups in total. The van der Waals surface area contributed by atoms with Crippen LogP contribution in [-0.2, 0) is 20.0 Å². The number of aromatic nitrogens is 5. The largest absolute Gasteiger partial charge is 0.274 e. The Morgan fingerprint density at radius 2 is 2.03 bits per heavy atom. The Morgan fingerprint density at radius 1 is 1.20 bits per heavy atom. The van der Waals surface area contributed by atoms with Crippen molar-refractivity contribution in [2.24, 2.45) is 0 Å². The third kappa shape index (κ3) is 4.64. The van der Waals surface area contributed by atoms with E-state index in [1.165, 1.54) is 16.4 Å². The van der Waals surface area contributed by atoms with Crippen molar-refractivity contribution in [1.29, 1.82) is 0 Å². The fourth-order valence-corrected chi connectivity index (χ4v) is 8.05. The van der Waals surface area contributed by atoms with Crippen molar-refractivity contribution in [2.45, 2.75) is 56.2 Å². The van der Waals surface area contributed by atoms with Crippen molar-refractivity contribution < 1.29 is 16.8 Å². The maximum Gasteiger partial charge on any atom is 0.247 e. The lowest BCUT2D eigenvalue weighted by Gasteiger charge is -2.17. The van der Waals surface area contributed by atoms with Gasteiger partial charge in [-0.2, -0.15) is 0 Å². The standard InChI is InChI=1S/C22H27ClN6O4S2/c1-15-3-7-18(8-4-15)35(32,33)28-11-9-19-22(28)24-14-20-25-26-21(29(19)20)16-5-6-17(13-16)27-34(30,31)12-2-10-23/h3-4,7,9,11,14,16-18,27H,2,5-6,8,10,12-13H2,1H3/t16-,17+,18?/m1/s1. The molecule has 0 amide bonds. The van der Waals surface area contributed by atoms with Crippen molar-refractivity contribution in [2.75, 3.05) is 11.6 Å². The lowest BCUT2D eigenvalue weighted by Crippen LogP contribution is -2.34. The predicted octanol–water partition coefficient (Wildman–Crippen LogP) is 2.72. The molecule has 0 aliphatic heterocycles. The molecule has 0 spiro atoms. The van der Waals surface area contributed by atoms with Gasteiger partial charge in [-0.1, -0.05) is 23.8 Å². The highest BCUT2D eigenvalue weighted by Crippen LogP contribution is 2.35. The molecule has 3 aromatic rings. The van der Waals surface area contributed by atoms with Crippen LogP contribution in [0.15, 0.2) is 42.3 Å². The minimum Gasteiger partial charge on any atom is -0.274 e. The fourth-order valence-electron chi connectivity index (χ4n) is 4.88. The Labute approximate surface area is 209 Å². The van der Waals surface area contributed by atoms with Crippen molar-refractivity contribution in [3.63, 3.8) is 0 Å². The quantitative estimate of drug-likeness (QED) is 0.436. The summed E-state index contributed by atoms with van der Waals surface area (Å²) >= 11 is 5.64. The lowest BCUT2D eigenvalue weighted by atomic mass is 10.1. The monoisotopic (exact) mass is 538 g/mol. The molecule has 0 saturated heterocycles. The van der Waals surface area contributed by atoms with Gasteiger partial charge in [0, 0.05) is 24.0 Å². The van der Waals surface area contributed by atoms with E-state index in [0.717, 1.165) is 12.0 Å². The van der Waals surface area contributed by atoms with Gasteiger partial charge in [-0.3, -0.25) is 4.40 Å². The van der Waals surface area contributed by atoms with E-state index in [0.29, 0.717) is 54.2 Å². The second kappa shape index (κ2) is 9.30. The zero-order valence-corrected chi connectivity index (χ0v) is 21.6. The highest BCUT2D eigenvalue weighted by atomic mass is 35.5. The summed E-state index contributed by atoms with van der Waals surface area (Å²) in [4.78, 5) is 4.40. The minimum absolute atomic E-state index is 0.00531. The zero-order valence-electron chi connectivity index (χ0n) is 19.2. The van der Waals surface area contributed by atoms with Crippen molar-refractivity contribution in [3.8, 4) is 0 Å². The molecule has 35 heavy (non-hydrogen) atoms. The van der Waals surface area contributed by atoms with Gasteiger partial charge in [-0.15, -0.1) is 21.8 Å². The van der Waals surface area contributed by atoms with Crippen LogP contribution in [0.5, 0.6) is 0 Å². The Bertz CT molecular complexity index is 1540. The van der Waals surface area contributed by atoms with Gasteiger partial charge in [0.05, 0.1) is 17.5 Å². The molecular weight excluding hydrogens is 512 g/mol. The van der Waals surface area contributed by atoms with Gasteiger partial charge >= 0.3 is 0 Å². The zero-order chi connectivity index (χ0) is 24.8. The highest BCUT2D eigenvalue weighted by molar-refractivity contribution is 7.90.